The minimum Gasteiger partial charge on any atom is -0.358 e. The van der Waals surface area contributed by atoms with Gasteiger partial charge >= 0.3 is 0 Å². The van der Waals surface area contributed by atoms with Crippen molar-refractivity contribution in [2.45, 2.75) is 25.8 Å². The van der Waals surface area contributed by atoms with Crippen LogP contribution in [0.4, 0.5) is 0 Å². The molecular weight excluding hydrogens is 287 g/mol. The predicted octanol–water partition coefficient (Wildman–Crippen LogP) is 4.53. The van der Waals surface area contributed by atoms with Gasteiger partial charge in [-0.2, -0.15) is 0 Å². The van der Waals surface area contributed by atoms with Crippen molar-refractivity contribution in [1.82, 2.24) is 5.32 Å². The highest BCUT2D eigenvalue weighted by Crippen LogP contribution is 2.32. The number of thioether (sulfide) groups is 1. The Hall–Kier alpha value is -0.380. The molecule has 1 atom stereocenters. The maximum absolute atomic E-state index is 6.29. The van der Waals surface area contributed by atoms with E-state index >= 15 is 0 Å². The number of hydrogen-bond donors (Lipinski definition) is 1. The summed E-state index contributed by atoms with van der Waals surface area (Å²) in [6, 6.07) is 5.97. The Kier molecular flexibility index (Phi) is 5.22. The van der Waals surface area contributed by atoms with Crippen LogP contribution in [-0.4, -0.2) is 17.5 Å². The van der Waals surface area contributed by atoms with E-state index in [1.165, 1.54) is 0 Å². The fraction of sp³-hybridized carbons (Fsp3) is 0.462. The van der Waals surface area contributed by atoms with Crippen LogP contribution in [0, 0.1) is 0 Å². The highest BCUT2D eigenvalue weighted by atomic mass is 35.5. The van der Waals surface area contributed by atoms with E-state index in [2.05, 4.69) is 17.2 Å². The number of benzene rings is 1. The molecule has 1 N–H and O–H groups in total. The number of amidine groups is 1. The first-order chi connectivity index (χ1) is 8.72. The molecule has 2 nitrogen and oxygen atoms in total. The van der Waals surface area contributed by atoms with Crippen molar-refractivity contribution in [3.05, 3.63) is 33.8 Å². The molecule has 0 amide bonds. The normalized spacial score (nSPS) is 16.5. The molecule has 98 valence electrons. The van der Waals surface area contributed by atoms with Crippen molar-refractivity contribution in [2.75, 3.05) is 12.3 Å². The van der Waals surface area contributed by atoms with Crippen molar-refractivity contribution in [1.29, 1.82) is 0 Å². The topological polar surface area (TPSA) is 24.4 Å². The third kappa shape index (κ3) is 3.34. The molecule has 0 aliphatic carbocycles. The van der Waals surface area contributed by atoms with E-state index in [0.717, 1.165) is 35.9 Å². The van der Waals surface area contributed by atoms with Crippen LogP contribution in [0.1, 0.15) is 31.4 Å². The van der Waals surface area contributed by atoms with Gasteiger partial charge in [-0.15, -0.1) is 0 Å². The fourth-order valence-corrected chi connectivity index (χ4v) is 3.18. The largest absolute Gasteiger partial charge is 0.358 e. The van der Waals surface area contributed by atoms with Gasteiger partial charge in [0.2, 0.25) is 0 Å². The van der Waals surface area contributed by atoms with Crippen LogP contribution < -0.4 is 5.32 Å². The number of hydrogen-bond acceptors (Lipinski definition) is 3. The van der Waals surface area contributed by atoms with Crippen molar-refractivity contribution >= 4 is 40.1 Å². The lowest BCUT2D eigenvalue weighted by molar-refractivity contribution is 0.585. The van der Waals surface area contributed by atoms with Crippen molar-refractivity contribution in [2.24, 2.45) is 4.99 Å². The number of nitrogens with one attached hydrogen (secondary N) is 1. The van der Waals surface area contributed by atoms with Crippen LogP contribution >= 0.6 is 35.0 Å². The summed E-state index contributed by atoms with van der Waals surface area (Å²) in [7, 11) is 0. The van der Waals surface area contributed by atoms with Crippen LogP contribution in [0.2, 0.25) is 10.0 Å². The zero-order chi connectivity index (χ0) is 13.0. The van der Waals surface area contributed by atoms with Gasteiger partial charge < -0.3 is 5.32 Å². The summed E-state index contributed by atoms with van der Waals surface area (Å²) in [5, 5.41) is 5.75. The molecule has 0 bridgehead atoms. The third-order valence-corrected chi connectivity index (χ3v) is 4.56. The average molecular weight is 303 g/mol. The van der Waals surface area contributed by atoms with Crippen LogP contribution in [-0.2, 0) is 0 Å². The lowest BCUT2D eigenvalue weighted by Crippen LogP contribution is -2.25. The van der Waals surface area contributed by atoms with Gasteiger partial charge in [-0.3, -0.25) is 4.99 Å². The molecule has 1 aromatic rings. The minimum atomic E-state index is 0.186. The molecule has 0 saturated heterocycles. The maximum Gasteiger partial charge on any atom is 0.157 e. The smallest absolute Gasteiger partial charge is 0.157 e. The summed E-state index contributed by atoms with van der Waals surface area (Å²) in [4.78, 5) is 4.43. The Bertz CT molecular complexity index is 449. The molecule has 1 unspecified atom stereocenters. The molecular formula is C13H16Cl2N2S. The lowest BCUT2D eigenvalue weighted by Gasteiger charge is -2.20. The van der Waals surface area contributed by atoms with Crippen molar-refractivity contribution in [3.8, 4) is 0 Å². The number of aliphatic imine (C=N–C) groups is 1. The van der Waals surface area contributed by atoms with Gasteiger partial charge in [0.25, 0.3) is 0 Å². The molecule has 1 aromatic carbocycles. The fourth-order valence-electron chi connectivity index (χ4n) is 1.96. The van der Waals surface area contributed by atoms with E-state index in [1.807, 2.05) is 18.2 Å². The molecule has 18 heavy (non-hydrogen) atoms. The number of rotatable bonds is 4. The quantitative estimate of drug-likeness (QED) is 0.884. The van der Waals surface area contributed by atoms with E-state index in [9.17, 15) is 0 Å². The highest BCUT2D eigenvalue weighted by molar-refractivity contribution is 8.14. The molecule has 0 fully saturated rings. The highest BCUT2D eigenvalue weighted by Gasteiger charge is 2.18. The van der Waals surface area contributed by atoms with Gasteiger partial charge in [0.15, 0.2) is 5.17 Å². The lowest BCUT2D eigenvalue weighted by atomic mass is 10.0. The molecule has 0 saturated carbocycles. The first kappa shape index (κ1) is 14.0. The van der Waals surface area contributed by atoms with Crippen LogP contribution in [0.3, 0.4) is 0 Å². The Morgan fingerprint density at radius 2 is 2.28 bits per heavy atom. The third-order valence-electron chi connectivity index (χ3n) is 2.82. The van der Waals surface area contributed by atoms with Gasteiger partial charge in [-0.1, -0.05) is 60.4 Å². The first-order valence-electron chi connectivity index (χ1n) is 6.10. The molecule has 0 radical (unpaired) electrons. The summed E-state index contributed by atoms with van der Waals surface area (Å²) in [6.07, 6.45) is 2.10. The molecule has 2 rings (SSSR count). The first-order valence-corrected chi connectivity index (χ1v) is 7.84. The molecule has 5 heteroatoms. The molecule has 1 heterocycles. The Balaban J connectivity index is 2.20. The standard InChI is InChI=1S/C13H16Cl2N2S/c1-2-4-11(17-13-16-7-8-18-13)9-5-3-6-10(14)12(9)15/h3,5-6,11H,2,4,7-8H2,1H3,(H,16,17). The summed E-state index contributed by atoms with van der Waals surface area (Å²) >= 11 is 14.1. The van der Waals surface area contributed by atoms with Gasteiger partial charge in [0.05, 0.1) is 22.6 Å². The van der Waals surface area contributed by atoms with Crippen molar-refractivity contribution in [3.63, 3.8) is 0 Å². The summed E-state index contributed by atoms with van der Waals surface area (Å²) in [6.45, 7) is 3.06. The second-order valence-electron chi connectivity index (χ2n) is 4.16. The summed E-state index contributed by atoms with van der Waals surface area (Å²) < 4.78 is 0. The van der Waals surface area contributed by atoms with Crippen LogP contribution in [0.25, 0.3) is 0 Å². The predicted molar refractivity (Wildman–Crippen MR) is 82.0 cm³/mol. The van der Waals surface area contributed by atoms with E-state index in [4.69, 9.17) is 23.2 Å². The molecule has 1 aliphatic heterocycles. The van der Waals surface area contributed by atoms with E-state index < -0.39 is 0 Å². The Morgan fingerprint density at radius 1 is 1.44 bits per heavy atom. The minimum absolute atomic E-state index is 0.186. The second-order valence-corrected chi connectivity index (χ2v) is 6.03. The van der Waals surface area contributed by atoms with Crippen LogP contribution in [0.5, 0.6) is 0 Å². The summed E-state index contributed by atoms with van der Waals surface area (Å²) in [5.74, 6) is 1.06. The Morgan fingerprint density at radius 3 is 2.94 bits per heavy atom. The van der Waals surface area contributed by atoms with Gasteiger partial charge in [0, 0.05) is 5.75 Å². The number of nitrogens with zero attached hydrogens (tertiary/aromatic N) is 1. The average Bonchev–Trinajstić information content (AvgIpc) is 2.85. The van der Waals surface area contributed by atoms with Crippen LogP contribution in [0.15, 0.2) is 23.2 Å². The van der Waals surface area contributed by atoms with E-state index in [0.29, 0.717) is 10.0 Å². The zero-order valence-corrected chi connectivity index (χ0v) is 12.6. The van der Waals surface area contributed by atoms with E-state index in [1.54, 1.807) is 11.8 Å². The molecule has 0 spiro atoms. The summed E-state index contributed by atoms with van der Waals surface area (Å²) in [5.41, 5.74) is 1.06. The maximum atomic E-state index is 6.29. The molecule has 1 aliphatic rings. The number of halogens is 2. The van der Waals surface area contributed by atoms with Crippen molar-refractivity contribution < 1.29 is 0 Å². The zero-order valence-electron chi connectivity index (χ0n) is 10.2. The van der Waals surface area contributed by atoms with Gasteiger partial charge in [0.1, 0.15) is 0 Å². The van der Waals surface area contributed by atoms with E-state index in [-0.39, 0.29) is 6.04 Å². The monoisotopic (exact) mass is 302 g/mol. The van der Waals surface area contributed by atoms with Gasteiger partial charge in [-0.05, 0) is 18.1 Å². The SMILES string of the molecule is CCCC(NC1=NCCS1)c1cccc(Cl)c1Cl. The Labute approximate surface area is 122 Å². The van der Waals surface area contributed by atoms with Gasteiger partial charge in [-0.25, -0.2) is 0 Å². The second kappa shape index (κ2) is 6.69. The molecule has 0 aromatic heterocycles.